The molecule has 0 aliphatic rings. The maximum absolute atomic E-state index is 7.41. The third kappa shape index (κ3) is 5.55. The summed E-state index contributed by atoms with van der Waals surface area (Å²) in [6, 6.07) is 72.6. The van der Waals surface area contributed by atoms with Crippen LogP contribution >= 0.6 is 0 Å². The molecule has 13 aromatic rings. The van der Waals surface area contributed by atoms with Crippen molar-refractivity contribution in [2.24, 2.45) is 21.5 Å². The highest BCUT2D eigenvalue weighted by Gasteiger charge is 2.27. The molecule has 4 N–H and O–H groups in total. The molecule has 9 aromatic carbocycles. The molecule has 0 aliphatic heterocycles. The van der Waals surface area contributed by atoms with E-state index in [4.69, 9.17) is 21.5 Å². The standard InChI is InChI=1S/C58H42N8/c59-36-63-49-27-15-13-25-41(49)43-29-31-45-46-33-34-47-48-32-30-44-42-26-14-16-28-50(42)66(58(60)62-57(38-19-7-2-8-20-38)61-35-37-17-5-1-6-18-37)56(44)55(48)65(40-23-11-4-12-24-40)54(47)53(46)64(52(45)51(43)63)39-21-9-3-10-22-39/h1-34H,35-36,59H2,(H2,60,61,62). The van der Waals surface area contributed by atoms with E-state index in [0.29, 0.717) is 25.0 Å². The summed E-state index contributed by atoms with van der Waals surface area (Å²) in [6.07, 6.45) is 0. The predicted molar refractivity (Wildman–Crippen MR) is 275 cm³/mol. The van der Waals surface area contributed by atoms with Gasteiger partial charge in [0.15, 0.2) is 5.84 Å². The number of fused-ring (bicyclic) bond motifs is 15. The molecule has 0 saturated carbocycles. The second-order valence-corrected chi connectivity index (χ2v) is 16.9. The van der Waals surface area contributed by atoms with Gasteiger partial charge in [0.05, 0.1) is 57.3 Å². The fourth-order valence-electron chi connectivity index (χ4n) is 10.5. The van der Waals surface area contributed by atoms with Gasteiger partial charge in [0, 0.05) is 60.0 Å². The highest BCUT2D eigenvalue weighted by Crippen LogP contribution is 2.47. The van der Waals surface area contributed by atoms with Gasteiger partial charge in [-0.2, -0.15) is 4.99 Å². The van der Waals surface area contributed by atoms with E-state index in [9.17, 15) is 0 Å². The monoisotopic (exact) mass is 850 g/mol. The quantitative estimate of drug-likeness (QED) is 0.129. The highest BCUT2D eigenvalue weighted by molar-refractivity contribution is 6.32. The second-order valence-electron chi connectivity index (χ2n) is 16.9. The summed E-state index contributed by atoms with van der Waals surface area (Å²) < 4.78 is 9.33. The molecule has 8 heteroatoms. The molecule has 0 radical (unpaired) electrons. The Balaban J connectivity index is 1.20. The molecule has 0 atom stereocenters. The SMILES string of the molecule is NCn1c2ccccc2c2ccc3c4ccc5c6ccc7c8ccccc8n(C(N)=NC(=NCc8ccccc8)c8ccccc8)c7c6n(-c6ccccc6)c5c4n(-c4ccccc4)c3c21. The molecule has 0 saturated heterocycles. The van der Waals surface area contributed by atoms with Crippen molar-refractivity contribution < 1.29 is 0 Å². The number of amidine groups is 1. The third-order valence-corrected chi connectivity index (χ3v) is 13.3. The van der Waals surface area contributed by atoms with Crippen LogP contribution in [0.25, 0.3) is 98.6 Å². The lowest BCUT2D eigenvalue weighted by molar-refractivity contribution is 0.791. The van der Waals surface area contributed by atoms with E-state index in [-0.39, 0.29) is 0 Å². The zero-order chi connectivity index (χ0) is 43.9. The number of rotatable bonds is 6. The third-order valence-electron chi connectivity index (χ3n) is 13.3. The average Bonchev–Trinajstić information content (AvgIpc) is 4.11. The van der Waals surface area contributed by atoms with Crippen LogP contribution in [0.3, 0.4) is 0 Å². The normalized spacial score (nSPS) is 12.7. The van der Waals surface area contributed by atoms with E-state index in [1.807, 2.05) is 48.5 Å². The van der Waals surface area contributed by atoms with Crippen molar-refractivity contribution in [2.75, 3.05) is 0 Å². The van der Waals surface area contributed by atoms with Gasteiger partial charge >= 0.3 is 0 Å². The number of hydrogen-bond acceptors (Lipinski definition) is 2. The van der Waals surface area contributed by atoms with Crippen LogP contribution in [0.4, 0.5) is 0 Å². The largest absolute Gasteiger partial charge is 0.369 e. The lowest BCUT2D eigenvalue weighted by Crippen LogP contribution is -2.24. The Kier molecular flexibility index (Phi) is 8.56. The zero-order valence-electron chi connectivity index (χ0n) is 35.9. The minimum atomic E-state index is 0.329. The maximum Gasteiger partial charge on any atom is 0.207 e. The molecule has 0 aliphatic carbocycles. The number of benzene rings is 9. The van der Waals surface area contributed by atoms with Crippen molar-refractivity contribution in [3.05, 3.63) is 217 Å². The first-order valence-corrected chi connectivity index (χ1v) is 22.3. The molecule has 0 bridgehead atoms. The number of nitrogens with zero attached hydrogens (tertiary/aromatic N) is 6. The molecule has 0 unspecified atom stereocenters. The Labute approximate surface area is 379 Å². The van der Waals surface area contributed by atoms with Crippen LogP contribution in [0.1, 0.15) is 11.1 Å². The minimum Gasteiger partial charge on any atom is -0.369 e. The Morgan fingerprint density at radius 1 is 0.394 bits per heavy atom. The lowest BCUT2D eigenvalue weighted by Gasteiger charge is -2.14. The first-order valence-electron chi connectivity index (χ1n) is 22.3. The average molecular weight is 851 g/mol. The molecule has 13 rings (SSSR count). The van der Waals surface area contributed by atoms with Gasteiger partial charge in [0.2, 0.25) is 5.96 Å². The summed E-state index contributed by atoms with van der Waals surface area (Å²) in [4.78, 5) is 10.3. The number of para-hydroxylation sites is 4. The molecule has 4 heterocycles. The van der Waals surface area contributed by atoms with Crippen LogP contribution in [0.2, 0.25) is 0 Å². The maximum atomic E-state index is 7.41. The Hall–Kier alpha value is -8.72. The van der Waals surface area contributed by atoms with Gasteiger partial charge in [0.25, 0.3) is 0 Å². The van der Waals surface area contributed by atoms with Crippen LogP contribution < -0.4 is 11.5 Å². The van der Waals surface area contributed by atoms with Crippen LogP contribution in [0.5, 0.6) is 0 Å². The fourth-order valence-corrected chi connectivity index (χ4v) is 10.5. The molecule has 66 heavy (non-hydrogen) atoms. The van der Waals surface area contributed by atoms with Crippen molar-refractivity contribution in [1.29, 1.82) is 0 Å². The highest BCUT2D eigenvalue weighted by atomic mass is 15.2. The molecule has 4 aromatic heterocycles. The smallest absolute Gasteiger partial charge is 0.207 e. The van der Waals surface area contributed by atoms with Gasteiger partial charge in [-0.05, 0) is 42.0 Å². The van der Waals surface area contributed by atoms with Crippen molar-refractivity contribution in [3.63, 3.8) is 0 Å². The van der Waals surface area contributed by atoms with Crippen LogP contribution in [-0.4, -0.2) is 30.1 Å². The first kappa shape index (κ1) is 37.8. The van der Waals surface area contributed by atoms with Crippen molar-refractivity contribution in [3.8, 4) is 11.4 Å². The lowest BCUT2D eigenvalue weighted by atomic mass is 10.1. The number of nitrogens with two attached hydrogens (primary N) is 2. The van der Waals surface area contributed by atoms with Crippen LogP contribution in [0, 0.1) is 0 Å². The van der Waals surface area contributed by atoms with E-state index in [1.165, 1.54) is 10.8 Å². The van der Waals surface area contributed by atoms with Gasteiger partial charge in [-0.1, -0.05) is 170 Å². The van der Waals surface area contributed by atoms with Gasteiger partial charge in [0.1, 0.15) is 0 Å². The Bertz CT molecular complexity index is 4100. The summed E-state index contributed by atoms with van der Waals surface area (Å²) in [5, 5.41) is 9.05. The molecule has 0 spiro atoms. The molecular formula is C58H42N8. The van der Waals surface area contributed by atoms with Gasteiger partial charge in [-0.25, -0.2) is 0 Å². The van der Waals surface area contributed by atoms with E-state index < -0.39 is 0 Å². The first-order chi connectivity index (χ1) is 32.7. The molecular weight excluding hydrogens is 809 g/mol. The Morgan fingerprint density at radius 3 is 1.35 bits per heavy atom. The van der Waals surface area contributed by atoms with E-state index in [1.54, 1.807) is 0 Å². The van der Waals surface area contributed by atoms with E-state index >= 15 is 0 Å². The minimum absolute atomic E-state index is 0.329. The number of hydrogen-bond donors (Lipinski definition) is 2. The van der Waals surface area contributed by atoms with E-state index in [2.05, 4.69) is 176 Å². The van der Waals surface area contributed by atoms with Crippen LogP contribution in [-0.2, 0) is 13.2 Å². The van der Waals surface area contributed by atoms with Crippen molar-refractivity contribution >= 4 is 99.0 Å². The molecule has 0 fully saturated rings. The van der Waals surface area contributed by atoms with Gasteiger partial charge < -0.3 is 25.2 Å². The van der Waals surface area contributed by atoms with Gasteiger partial charge in [-0.3, -0.25) is 9.56 Å². The van der Waals surface area contributed by atoms with Crippen molar-refractivity contribution in [2.45, 2.75) is 13.2 Å². The zero-order valence-corrected chi connectivity index (χ0v) is 35.9. The summed E-state index contributed by atoms with van der Waals surface area (Å²) in [7, 11) is 0. The molecule has 0 amide bonds. The molecule has 314 valence electrons. The summed E-state index contributed by atoms with van der Waals surface area (Å²) in [5.41, 5.74) is 26.7. The number of aromatic nitrogens is 4. The fraction of sp³-hybridized carbons (Fsp3) is 0.0345. The van der Waals surface area contributed by atoms with Gasteiger partial charge in [-0.15, -0.1) is 0 Å². The topological polar surface area (TPSA) is 96.5 Å². The number of aliphatic imine (C=N–C) groups is 2. The summed E-state index contributed by atoms with van der Waals surface area (Å²) in [5.74, 6) is 0.892. The van der Waals surface area contributed by atoms with Crippen molar-refractivity contribution in [1.82, 2.24) is 18.3 Å². The predicted octanol–water partition coefficient (Wildman–Crippen LogP) is 12.8. The Morgan fingerprint density at radius 2 is 0.803 bits per heavy atom. The summed E-state index contributed by atoms with van der Waals surface area (Å²) in [6.45, 7) is 0.804. The van der Waals surface area contributed by atoms with Crippen LogP contribution in [0.15, 0.2) is 216 Å². The molecule has 8 nitrogen and oxygen atoms in total. The second kappa shape index (κ2) is 14.9. The summed E-state index contributed by atoms with van der Waals surface area (Å²) >= 11 is 0. The van der Waals surface area contributed by atoms with E-state index in [0.717, 1.165) is 99.0 Å².